The highest BCUT2D eigenvalue weighted by atomic mass is 16.2. The molecule has 4 heterocycles. The SMILES string of the molecule is CC1CCN(c2cccc3c2ccn3-c2ccnc(NC3CCC(C(=O)N4CCN(C5CC5)CC4)CC3)n2)CC1. The van der Waals surface area contributed by atoms with Crippen molar-refractivity contribution in [3.05, 3.63) is 42.7 Å². The average molecular weight is 542 g/mol. The minimum absolute atomic E-state index is 0.168. The molecule has 40 heavy (non-hydrogen) atoms. The van der Waals surface area contributed by atoms with E-state index in [4.69, 9.17) is 4.98 Å². The number of carbonyl (C=O) groups is 1. The van der Waals surface area contributed by atoms with Gasteiger partial charge in [-0.25, -0.2) is 4.98 Å². The molecule has 4 aliphatic rings. The summed E-state index contributed by atoms with van der Waals surface area (Å²) in [5.41, 5.74) is 2.50. The number of amides is 1. The Labute approximate surface area is 237 Å². The zero-order chi connectivity index (χ0) is 27.1. The highest BCUT2D eigenvalue weighted by molar-refractivity contribution is 5.94. The molecule has 2 saturated heterocycles. The molecule has 0 unspecified atom stereocenters. The third-order valence-corrected chi connectivity index (χ3v) is 9.82. The first-order valence-corrected chi connectivity index (χ1v) is 15.6. The fraction of sp³-hybridized carbons (Fsp3) is 0.594. The van der Waals surface area contributed by atoms with Crippen molar-refractivity contribution < 1.29 is 4.79 Å². The second-order valence-electron chi connectivity index (χ2n) is 12.6. The summed E-state index contributed by atoms with van der Waals surface area (Å²) < 4.78 is 2.18. The molecule has 212 valence electrons. The van der Waals surface area contributed by atoms with Crippen molar-refractivity contribution in [3.8, 4) is 5.82 Å². The van der Waals surface area contributed by atoms with Crippen molar-refractivity contribution >= 4 is 28.4 Å². The summed E-state index contributed by atoms with van der Waals surface area (Å²) in [7, 11) is 0. The van der Waals surface area contributed by atoms with Gasteiger partial charge in [0, 0.05) is 80.7 Å². The third-order valence-electron chi connectivity index (χ3n) is 9.82. The summed E-state index contributed by atoms with van der Waals surface area (Å²) in [6, 6.07) is 11.9. The van der Waals surface area contributed by atoms with Crippen LogP contribution in [0.3, 0.4) is 0 Å². The number of benzene rings is 1. The summed E-state index contributed by atoms with van der Waals surface area (Å²) in [5, 5.41) is 4.87. The van der Waals surface area contributed by atoms with Crippen LogP contribution < -0.4 is 10.2 Å². The fourth-order valence-electron chi connectivity index (χ4n) is 7.10. The monoisotopic (exact) mass is 541 g/mol. The molecular weight excluding hydrogens is 498 g/mol. The van der Waals surface area contributed by atoms with Gasteiger partial charge in [-0.15, -0.1) is 0 Å². The van der Waals surface area contributed by atoms with Crippen LogP contribution in [-0.2, 0) is 4.79 Å². The van der Waals surface area contributed by atoms with Crippen molar-refractivity contribution in [1.82, 2.24) is 24.3 Å². The third kappa shape index (κ3) is 5.30. The first-order valence-electron chi connectivity index (χ1n) is 15.6. The van der Waals surface area contributed by atoms with Gasteiger partial charge in [-0.1, -0.05) is 13.0 Å². The number of rotatable bonds is 6. The first-order chi connectivity index (χ1) is 19.6. The molecule has 1 N–H and O–H groups in total. The number of nitrogens with one attached hydrogen (secondary N) is 1. The number of hydrogen-bond donors (Lipinski definition) is 1. The van der Waals surface area contributed by atoms with Gasteiger partial charge in [-0.3, -0.25) is 9.69 Å². The van der Waals surface area contributed by atoms with E-state index in [9.17, 15) is 4.79 Å². The standard InChI is InChI=1S/C32H43N7O/c1-23-12-16-37(17-13-23)28-3-2-4-29-27(28)14-18-39(29)30-11-15-33-32(35-30)34-25-7-5-24(6-8-25)31(40)38-21-19-36(20-22-38)26-9-10-26/h2-4,11,14-15,18,23-26H,5-10,12-13,16-17,19-22H2,1H3,(H,33,34,35). The van der Waals surface area contributed by atoms with Crippen molar-refractivity contribution in [2.75, 3.05) is 49.5 Å². The van der Waals surface area contributed by atoms with Crippen LogP contribution in [0.15, 0.2) is 42.7 Å². The van der Waals surface area contributed by atoms with E-state index in [-0.39, 0.29) is 5.92 Å². The molecule has 0 spiro atoms. The van der Waals surface area contributed by atoms with E-state index in [1.807, 2.05) is 12.3 Å². The second kappa shape index (κ2) is 11.0. The van der Waals surface area contributed by atoms with Crippen LogP contribution in [0.1, 0.15) is 58.3 Å². The number of aromatic nitrogens is 3. The van der Waals surface area contributed by atoms with Gasteiger partial charge in [0.15, 0.2) is 0 Å². The summed E-state index contributed by atoms with van der Waals surface area (Å²) >= 11 is 0. The molecule has 3 aromatic rings. The van der Waals surface area contributed by atoms with Gasteiger partial charge in [-0.05, 0) is 81.5 Å². The Morgan fingerprint density at radius 3 is 2.40 bits per heavy atom. The van der Waals surface area contributed by atoms with Crippen LogP contribution in [0, 0.1) is 11.8 Å². The topological polar surface area (TPSA) is 69.5 Å². The Hall–Kier alpha value is -3.13. The van der Waals surface area contributed by atoms with Crippen molar-refractivity contribution in [2.45, 2.75) is 70.4 Å². The lowest BCUT2D eigenvalue weighted by Crippen LogP contribution is -2.51. The number of hydrogen-bond acceptors (Lipinski definition) is 6. The number of carbonyl (C=O) groups excluding carboxylic acids is 1. The number of anilines is 2. The highest BCUT2D eigenvalue weighted by Gasteiger charge is 2.35. The van der Waals surface area contributed by atoms with Crippen LogP contribution in [0.4, 0.5) is 11.6 Å². The van der Waals surface area contributed by atoms with Crippen LogP contribution in [0.5, 0.6) is 0 Å². The van der Waals surface area contributed by atoms with E-state index in [0.29, 0.717) is 17.9 Å². The fourth-order valence-corrected chi connectivity index (χ4v) is 7.10. The molecule has 0 radical (unpaired) electrons. The highest BCUT2D eigenvalue weighted by Crippen LogP contribution is 2.33. The van der Waals surface area contributed by atoms with Gasteiger partial charge in [0.2, 0.25) is 11.9 Å². The average Bonchev–Trinajstić information content (AvgIpc) is 3.76. The van der Waals surface area contributed by atoms with Gasteiger partial charge >= 0.3 is 0 Å². The van der Waals surface area contributed by atoms with Gasteiger partial charge in [0.25, 0.3) is 0 Å². The lowest BCUT2D eigenvalue weighted by atomic mass is 9.85. The molecule has 7 rings (SSSR count). The molecule has 1 amide bonds. The van der Waals surface area contributed by atoms with Crippen LogP contribution in [0.25, 0.3) is 16.7 Å². The maximum atomic E-state index is 13.2. The Morgan fingerprint density at radius 1 is 0.875 bits per heavy atom. The minimum atomic E-state index is 0.168. The van der Waals surface area contributed by atoms with Crippen LogP contribution in [-0.4, -0.2) is 81.6 Å². The normalized spacial score (nSPS) is 24.9. The first kappa shape index (κ1) is 25.8. The molecule has 2 aromatic heterocycles. The van der Waals surface area contributed by atoms with E-state index in [0.717, 1.165) is 82.7 Å². The van der Waals surface area contributed by atoms with Crippen molar-refractivity contribution in [1.29, 1.82) is 0 Å². The summed E-state index contributed by atoms with van der Waals surface area (Å²) in [4.78, 5) is 29.9. The number of fused-ring (bicyclic) bond motifs is 1. The van der Waals surface area contributed by atoms with E-state index in [1.165, 1.54) is 42.3 Å². The second-order valence-corrected chi connectivity index (χ2v) is 12.6. The maximum absolute atomic E-state index is 13.2. The quantitative estimate of drug-likeness (QED) is 0.477. The van der Waals surface area contributed by atoms with Crippen molar-refractivity contribution in [3.63, 3.8) is 0 Å². The molecule has 0 bridgehead atoms. The minimum Gasteiger partial charge on any atom is -0.371 e. The molecule has 8 heteroatoms. The van der Waals surface area contributed by atoms with E-state index in [2.05, 4.69) is 67.0 Å². The number of piperazine rings is 1. The van der Waals surface area contributed by atoms with E-state index < -0.39 is 0 Å². The van der Waals surface area contributed by atoms with Crippen molar-refractivity contribution in [2.24, 2.45) is 11.8 Å². The molecule has 1 aromatic carbocycles. The largest absolute Gasteiger partial charge is 0.371 e. The predicted molar refractivity (Wildman–Crippen MR) is 160 cm³/mol. The zero-order valence-electron chi connectivity index (χ0n) is 23.8. The summed E-state index contributed by atoms with van der Waals surface area (Å²) in [6.07, 6.45) is 13.0. The Bertz CT molecular complexity index is 1330. The lowest BCUT2D eigenvalue weighted by Gasteiger charge is -2.38. The molecule has 2 aliphatic carbocycles. The van der Waals surface area contributed by atoms with Gasteiger partial charge in [0.05, 0.1) is 5.52 Å². The Kier molecular flexibility index (Phi) is 7.12. The Morgan fingerprint density at radius 2 is 1.65 bits per heavy atom. The van der Waals surface area contributed by atoms with Gasteiger partial charge < -0.3 is 19.7 Å². The molecule has 2 saturated carbocycles. The maximum Gasteiger partial charge on any atom is 0.225 e. The smallest absolute Gasteiger partial charge is 0.225 e. The summed E-state index contributed by atoms with van der Waals surface area (Å²) in [5.74, 6) is 2.92. The predicted octanol–water partition coefficient (Wildman–Crippen LogP) is 4.93. The summed E-state index contributed by atoms with van der Waals surface area (Å²) in [6.45, 7) is 8.52. The zero-order valence-corrected chi connectivity index (χ0v) is 23.8. The van der Waals surface area contributed by atoms with E-state index >= 15 is 0 Å². The lowest BCUT2D eigenvalue weighted by molar-refractivity contribution is -0.138. The van der Waals surface area contributed by atoms with Crippen LogP contribution in [0.2, 0.25) is 0 Å². The van der Waals surface area contributed by atoms with E-state index in [1.54, 1.807) is 0 Å². The molecule has 0 atom stereocenters. The van der Waals surface area contributed by atoms with Gasteiger partial charge in [0.1, 0.15) is 5.82 Å². The molecule has 8 nitrogen and oxygen atoms in total. The molecular formula is C32H43N7O. The van der Waals surface area contributed by atoms with Gasteiger partial charge in [-0.2, -0.15) is 4.98 Å². The molecule has 4 fully saturated rings. The number of nitrogens with zero attached hydrogens (tertiary/aromatic N) is 6. The van der Waals surface area contributed by atoms with Crippen LogP contribution >= 0.6 is 0 Å². The number of piperidine rings is 1. The molecule has 2 aliphatic heterocycles. The Balaban J connectivity index is 0.977.